The number of benzene rings is 1. The van der Waals surface area contributed by atoms with E-state index in [-0.39, 0.29) is 6.61 Å². The fourth-order valence-electron chi connectivity index (χ4n) is 1.52. The van der Waals surface area contributed by atoms with Gasteiger partial charge in [-0.15, -0.1) is 0 Å². The molecule has 3 nitrogen and oxygen atoms in total. The molecule has 2 aromatic rings. The molecule has 0 saturated carbocycles. The second-order valence-electron chi connectivity index (χ2n) is 3.65. The van der Waals surface area contributed by atoms with Crippen molar-refractivity contribution in [3.8, 4) is 5.75 Å². The molecule has 0 amide bonds. The molecule has 0 saturated heterocycles. The monoisotopic (exact) mass is 266 g/mol. The summed E-state index contributed by atoms with van der Waals surface area (Å²) in [6, 6.07) is 7.38. The fourth-order valence-corrected chi connectivity index (χ4v) is 1.79. The highest BCUT2D eigenvalue weighted by Gasteiger charge is 2.07. The summed E-state index contributed by atoms with van der Waals surface area (Å²) < 4.78 is 5.50. The highest BCUT2D eigenvalue weighted by Crippen LogP contribution is 2.30. The van der Waals surface area contributed by atoms with Gasteiger partial charge in [0.05, 0.1) is 5.02 Å². The first-order valence-electron chi connectivity index (χ1n) is 5.05. The van der Waals surface area contributed by atoms with Gasteiger partial charge in [-0.05, 0) is 31.2 Å². The number of halogens is 1. The van der Waals surface area contributed by atoms with Crippen LogP contribution in [-0.2, 0) is 0 Å². The number of fused-ring (bicyclic) bond motifs is 1. The van der Waals surface area contributed by atoms with Crippen LogP contribution in [0.2, 0.25) is 5.02 Å². The molecule has 0 bridgehead atoms. The van der Waals surface area contributed by atoms with Gasteiger partial charge in [-0.25, -0.2) is 4.98 Å². The third kappa shape index (κ3) is 2.65. The van der Waals surface area contributed by atoms with E-state index >= 15 is 0 Å². The van der Waals surface area contributed by atoms with Gasteiger partial charge in [-0.2, -0.15) is 0 Å². The highest BCUT2D eigenvalue weighted by molar-refractivity contribution is 7.80. The molecule has 0 aliphatic carbocycles. The predicted molar refractivity (Wildman–Crippen MR) is 73.8 cm³/mol. The van der Waals surface area contributed by atoms with Crippen molar-refractivity contribution in [1.29, 1.82) is 0 Å². The van der Waals surface area contributed by atoms with Gasteiger partial charge in [0.15, 0.2) is 0 Å². The molecule has 2 N–H and O–H groups in total. The highest BCUT2D eigenvalue weighted by atomic mass is 35.5. The van der Waals surface area contributed by atoms with E-state index < -0.39 is 0 Å². The molecule has 2 rings (SSSR count). The Bertz CT molecular complexity index is 586. The Morgan fingerprint density at radius 1 is 1.41 bits per heavy atom. The molecule has 88 valence electrons. The quantitative estimate of drug-likeness (QED) is 0.868. The Balaban J connectivity index is 2.52. The van der Waals surface area contributed by atoms with E-state index in [1.807, 2.05) is 19.1 Å². The lowest BCUT2D eigenvalue weighted by Gasteiger charge is -2.09. The smallest absolute Gasteiger partial charge is 0.146 e. The van der Waals surface area contributed by atoms with Crippen LogP contribution in [0.4, 0.5) is 0 Å². The number of nitrogens with zero attached hydrogens (tertiary/aromatic N) is 1. The van der Waals surface area contributed by atoms with Crippen molar-refractivity contribution in [1.82, 2.24) is 4.98 Å². The van der Waals surface area contributed by atoms with Crippen molar-refractivity contribution >= 4 is 39.7 Å². The summed E-state index contributed by atoms with van der Waals surface area (Å²) in [5.41, 5.74) is 7.04. The van der Waals surface area contributed by atoms with Crippen LogP contribution in [0.3, 0.4) is 0 Å². The van der Waals surface area contributed by atoms with Crippen LogP contribution in [0, 0.1) is 6.92 Å². The first kappa shape index (κ1) is 12.1. The Morgan fingerprint density at radius 3 is 2.88 bits per heavy atom. The fraction of sp³-hybridized carbons (Fsp3) is 0.167. The summed E-state index contributed by atoms with van der Waals surface area (Å²) in [6.45, 7) is 2.11. The molecular formula is C12H11ClN2OS. The SMILES string of the molecule is Cc1ccc2c(Cl)ccc(OCC(N)=S)c2n1. The number of aromatic nitrogens is 1. The van der Waals surface area contributed by atoms with E-state index in [4.69, 9.17) is 34.3 Å². The normalized spacial score (nSPS) is 10.5. The van der Waals surface area contributed by atoms with Gasteiger partial charge in [0, 0.05) is 11.1 Å². The summed E-state index contributed by atoms with van der Waals surface area (Å²) in [4.78, 5) is 4.73. The second kappa shape index (κ2) is 4.85. The van der Waals surface area contributed by atoms with Crippen LogP contribution < -0.4 is 10.5 Å². The maximum Gasteiger partial charge on any atom is 0.146 e. The number of hydrogen-bond donors (Lipinski definition) is 1. The molecule has 0 atom stereocenters. The van der Waals surface area contributed by atoms with Crippen LogP contribution >= 0.6 is 23.8 Å². The minimum absolute atomic E-state index is 0.196. The van der Waals surface area contributed by atoms with E-state index in [9.17, 15) is 0 Å². The first-order chi connectivity index (χ1) is 8.08. The van der Waals surface area contributed by atoms with E-state index in [2.05, 4.69) is 4.98 Å². The number of hydrogen-bond acceptors (Lipinski definition) is 3. The molecule has 0 aliphatic heterocycles. The first-order valence-corrected chi connectivity index (χ1v) is 5.83. The van der Waals surface area contributed by atoms with Gasteiger partial charge in [0.2, 0.25) is 0 Å². The van der Waals surface area contributed by atoms with E-state index in [1.165, 1.54) is 0 Å². The van der Waals surface area contributed by atoms with Crippen LogP contribution in [0.15, 0.2) is 24.3 Å². The largest absolute Gasteiger partial charge is 0.484 e. The van der Waals surface area contributed by atoms with Gasteiger partial charge in [0.1, 0.15) is 22.9 Å². The maximum atomic E-state index is 6.10. The summed E-state index contributed by atoms with van der Waals surface area (Å²) in [7, 11) is 0. The van der Waals surface area contributed by atoms with Gasteiger partial charge < -0.3 is 10.5 Å². The minimum atomic E-state index is 0.196. The molecule has 1 aromatic heterocycles. The molecule has 0 fully saturated rings. The van der Waals surface area contributed by atoms with Gasteiger partial charge in [-0.3, -0.25) is 0 Å². The summed E-state index contributed by atoms with van der Waals surface area (Å²) in [6.07, 6.45) is 0. The van der Waals surface area contributed by atoms with Crippen LogP contribution in [0.5, 0.6) is 5.75 Å². The zero-order valence-corrected chi connectivity index (χ0v) is 10.8. The van der Waals surface area contributed by atoms with Crippen molar-refractivity contribution in [3.63, 3.8) is 0 Å². The lowest BCUT2D eigenvalue weighted by atomic mass is 10.2. The van der Waals surface area contributed by atoms with Crippen LogP contribution in [0.25, 0.3) is 10.9 Å². The van der Waals surface area contributed by atoms with Gasteiger partial charge in [0.25, 0.3) is 0 Å². The summed E-state index contributed by atoms with van der Waals surface area (Å²) in [5.74, 6) is 0.640. The average Bonchev–Trinajstić information content (AvgIpc) is 2.28. The van der Waals surface area contributed by atoms with E-state index in [0.717, 1.165) is 16.6 Å². The standard InChI is InChI=1S/C12H11ClN2OS/c1-7-2-3-8-9(13)4-5-10(12(8)15-7)16-6-11(14)17/h2-5H,6H2,1H3,(H2,14,17). The van der Waals surface area contributed by atoms with Crippen molar-refractivity contribution in [2.75, 3.05) is 6.61 Å². The van der Waals surface area contributed by atoms with E-state index in [0.29, 0.717) is 15.8 Å². The molecule has 0 spiro atoms. The van der Waals surface area contributed by atoms with Crippen molar-refractivity contribution < 1.29 is 4.74 Å². The predicted octanol–water partition coefficient (Wildman–Crippen LogP) is 2.86. The van der Waals surface area contributed by atoms with Crippen molar-refractivity contribution in [2.24, 2.45) is 5.73 Å². The van der Waals surface area contributed by atoms with E-state index in [1.54, 1.807) is 12.1 Å². The summed E-state index contributed by atoms with van der Waals surface area (Å²) in [5, 5.41) is 1.51. The maximum absolute atomic E-state index is 6.10. The number of rotatable bonds is 3. The Kier molecular flexibility index (Phi) is 3.45. The lowest BCUT2D eigenvalue weighted by molar-refractivity contribution is 0.381. The van der Waals surface area contributed by atoms with Crippen molar-refractivity contribution in [2.45, 2.75) is 6.92 Å². The topological polar surface area (TPSA) is 48.1 Å². The third-order valence-corrected chi connectivity index (χ3v) is 2.72. The molecule has 0 aliphatic rings. The average molecular weight is 267 g/mol. The Labute approximate surface area is 110 Å². The molecule has 5 heteroatoms. The van der Waals surface area contributed by atoms with Crippen LogP contribution in [-0.4, -0.2) is 16.6 Å². The number of pyridine rings is 1. The molecule has 0 radical (unpaired) electrons. The van der Waals surface area contributed by atoms with Crippen molar-refractivity contribution in [3.05, 3.63) is 35.0 Å². The Hall–Kier alpha value is -1.39. The number of aryl methyl sites for hydroxylation is 1. The number of ether oxygens (including phenoxy) is 1. The van der Waals surface area contributed by atoms with Crippen LogP contribution in [0.1, 0.15) is 5.69 Å². The van der Waals surface area contributed by atoms with Gasteiger partial charge >= 0.3 is 0 Å². The zero-order chi connectivity index (χ0) is 12.4. The lowest BCUT2D eigenvalue weighted by Crippen LogP contribution is -2.18. The summed E-state index contributed by atoms with van der Waals surface area (Å²) >= 11 is 10.9. The zero-order valence-electron chi connectivity index (χ0n) is 9.24. The Morgan fingerprint density at radius 2 is 2.18 bits per heavy atom. The molecular weight excluding hydrogens is 256 g/mol. The van der Waals surface area contributed by atoms with Gasteiger partial charge in [-0.1, -0.05) is 23.8 Å². The molecule has 1 heterocycles. The molecule has 0 unspecified atom stereocenters. The molecule has 17 heavy (non-hydrogen) atoms. The number of thiocarbonyl (C=S) groups is 1. The number of nitrogens with two attached hydrogens (primary N) is 1. The molecule has 1 aromatic carbocycles. The third-order valence-electron chi connectivity index (χ3n) is 2.28. The minimum Gasteiger partial charge on any atom is -0.484 e. The second-order valence-corrected chi connectivity index (χ2v) is 4.58.